The molecule has 0 saturated heterocycles. The van der Waals surface area contributed by atoms with E-state index < -0.39 is 0 Å². The van der Waals surface area contributed by atoms with Crippen molar-refractivity contribution in [2.75, 3.05) is 18.9 Å². The van der Waals surface area contributed by atoms with Crippen LogP contribution in [0.3, 0.4) is 0 Å². The fourth-order valence-electron chi connectivity index (χ4n) is 1.94. The van der Waals surface area contributed by atoms with Gasteiger partial charge in [-0.05, 0) is 43.3 Å². The lowest BCUT2D eigenvalue weighted by atomic mass is 10.1. The molecule has 2 aromatic rings. The van der Waals surface area contributed by atoms with E-state index in [2.05, 4.69) is 5.32 Å². The standard InChI is InChI=1S/C17H17ClN2O2/c1-12-3-5-13(6-4-12)17(22)20(2)11-16(21)19-15-9-7-14(18)8-10-15/h3-10H,11H2,1-2H3,(H,19,21). The number of amides is 2. The number of hydrogen-bond donors (Lipinski definition) is 1. The summed E-state index contributed by atoms with van der Waals surface area (Å²) >= 11 is 5.79. The van der Waals surface area contributed by atoms with Crippen LogP contribution in [-0.4, -0.2) is 30.3 Å². The summed E-state index contributed by atoms with van der Waals surface area (Å²) in [6.45, 7) is 1.94. The third-order valence-electron chi connectivity index (χ3n) is 3.15. The van der Waals surface area contributed by atoms with Crippen LogP contribution in [0.1, 0.15) is 15.9 Å². The van der Waals surface area contributed by atoms with Crippen LogP contribution in [0.25, 0.3) is 0 Å². The van der Waals surface area contributed by atoms with E-state index in [-0.39, 0.29) is 18.4 Å². The molecule has 114 valence electrons. The highest BCUT2D eigenvalue weighted by Gasteiger charge is 2.14. The van der Waals surface area contributed by atoms with Gasteiger partial charge in [-0.3, -0.25) is 9.59 Å². The van der Waals surface area contributed by atoms with Crippen molar-refractivity contribution < 1.29 is 9.59 Å². The Morgan fingerprint density at radius 3 is 2.23 bits per heavy atom. The minimum atomic E-state index is -0.259. The first-order valence-corrected chi connectivity index (χ1v) is 7.21. The van der Waals surface area contributed by atoms with E-state index in [1.165, 1.54) is 4.90 Å². The Kier molecular flexibility index (Phi) is 5.17. The second-order valence-corrected chi connectivity index (χ2v) is 5.52. The number of likely N-dealkylation sites (N-methyl/N-ethyl adjacent to an activating group) is 1. The lowest BCUT2D eigenvalue weighted by Crippen LogP contribution is -2.34. The van der Waals surface area contributed by atoms with E-state index in [0.717, 1.165) is 5.56 Å². The highest BCUT2D eigenvalue weighted by molar-refractivity contribution is 6.30. The monoisotopic (exact) mass is 316 g/mol. The predicted molar refractivity (Wildman–Crippen MR) is 88.2 cm³/mol. The van der Waals surface area contributed by atoms with E-state index in [9.17, 15) is 9.59 Å². The van der Waals surface area contributed by atoms with E-state index >= 15 is 0 Å². The lowest BCUT2D eigenvalue weighted by molar-refractivity contribution is -0.116. The molecule has 2 amide bonds. The summed E-state index contributed by atoms with van der Waals surface area (Å²) < 4.78 is 0. The molecular weight excluding hydrogens is 300 g/mol. The van der Waals surface area contributed by atoms with Crippen LogP contribution in [0.4, 0.5) is 5.69 Å². The third kappa shape index (κ3) is 4.33. The summed E-state index contributed by atoms with van der Waals surface area (Å²) in [6.07, 6.45) is 0. The second-order valence-electron chi connectivity index (χ2n) is 5.08. The van der Waals surface area contributed by atoms with Crippen molar-refractivity contribution in [1.82, 2.24) is 4.90 Å². The van der Waals surface area contributed by atoms with Crippen molar-refractivity contribution in [3.8, 4) is 0 Å². The fourth-order valence-corrected chi connectivity index (χ4v) is 2.06. The molecule has 0 heterocycles. The highest BCUT2D eigenvalue weighted by Crippen LogP contribution is 2.13. The molecular formula is C17H17ClN2O2. The molecule has 22 heavy (non-hydrogen) atoms. The summed E-state index contributed by atoms with van der Waals surface area (Å²) in [5.74, 6) is -0.448. The third-order valence-corrected chi connectivity index (χ3v) is 3.41. The van der Waals surface area contributed by atoms with Crippen LogP contribution in [0.2, 0.25) is 5.02 Å². The Labute approximate surface area is 134 Å². The summed E-state index contributed by atoms with van der Waals surface area (Å²) in [5.41, 5.74) is 2.29. The maximum atomic E-state index is 12.2. The Bertz CT molecular complexity index is 666. The highest BCUT2D eigenvalue weighted by atomic mass is 35.5. The van der Waals surface area contributed by atoms with E-state index in [0.29, 0.717) is 16.3 Å². The van der Waals surface area contributed by atoms with Crippen molar-refractivity contribution in [2.45, 2.75) is 6.92 Å². The molecule has 2 aromatic carbocycles. The normalized spacial score (nSPS) is 10.1. The molecule has 0 radical (unpaired) electrons. The van der Waals surface area contributed by atoms with Crippen LogP contribution >= 0.6 is 11.6 Å². The maximum Gasteiger partial charge on any atom is 0.254 e. The number of anilines is 1. The zero-order valence-corrected chi connectivity index (χ0v) is 13.2. The molecule has 2 rings (SSSR count). The average Bonchev–Trinajstić information content (AvgIpc) is 2.49. The lowest BCUT2D eigenvalue weighted by Gasteiger charge is -2.17. The molecule has 0 unspecified atom stereocenters. The van der Waals surface area contributed by atoms with Gasteiger partial charge in [0, 0.05) is 23.3 Å². The SMILES string of the molecule is Cc1ccc(C(=O)N(C)CC(=O)Nc2ccc(Cl)cc2)cc1. The van der Waals surface area contributed by atoms with Crippen LogP contribution in [0.5, 0.6) is 0 Å². The first-order chi connectivity index (χ1) is 10.5. The number of aryl methyl sites for hydroxylation is 1. The molecule has 4 nitrogen and oxygen atoms in total. The van der Waals surface area contributed by atoms with Crippen molar-refractivity contribution in [3.63, 3.8) is 0 Å². The number of carbonyl (C=O) groups excluding carboxylic acids is 2. The predicted octanol–water partition coefficient (Wildman–Crippen LogP) is 3.36. The van der Waals surface area contributed by atoms with Crippen LogP contribution in [0.15, 0.2) is 48.5 Å². The Morgan fingerprint density at radius 1 is 1.05 bits per heavy atom. The molecule has 1 N–H and O–H groups in total. The van der Waals surface area contributed by atoms with Gasteiger partial charge in [-0.25, -0.2) is 0 Å². The molecule has 0 aliphatic rings. The fraction of sp³-hybridized carbons (Fsp3) is 0.176. The number of carbonyl (C=O) groups is 2. The van der Waals surface area contributed by atoms with Gasteiger partial charge < -0.3 is 10.2 Å². The first kappa shape index (κ1) is 16.0. The summed E-state index contributed by atoms with van der Waals surface area (Å²) in [6, 6.07) is 14.1. The van der Waals surface area contributed by atoms with Gasteiger partial charge in [0.2, 0.25) is 5.91 Å². The zero-order valence-electron chi connectivity index (χ0n) is 12.5. The molecule has 0 aliphatic heterocycles. The summed E-state index contributed by atoms with van der Waals surface area (Å²) in [5, 5.41) is 3.33. The Balaban J connectivity index is 1.94. The van der Waals surface area contributed by atoms with Crippen molar-refractivity contribution >= 4 is 29.1 Å². The minimum Gasteiger partial charge on any atom is -0.332 e. The second kappa shape index (κ2) is 7.09. The Hall–Kier alpha value is -2.33. The summed E-state index contributed by atoms with van der Waals surface area (Å²) in [7, 11) is 1.60. The van der Waals surface area contributed by atoms with Crippen molar-refractivity contribution in [3.05, 3.63) is 64.7 Å². The molecule has 0 aliphatic carbocycles. The average molecular weight is 317 g/mol. The van der Waals surface area contributed by atoms with E-state index in [4.69, 9.17) is 11.6 Å². The van der Waals surface area contributed by atoms with Crippen molar-refractivity contribution in [1.29, 1.82) is 0 Å². The van der Waals surface area contributed by atoms with Crippen molar-refractivity contribution in [2.24, 2.45) is 0 Å². The number of hydrogen-bond acceptors (Lipinski definition) is 2. The number of halogens is 1. The maximum absolute atomic E-state index is 12.2. The van der Waals surface area contributed by atoms with E-state index in [1.54, 1.807) is 43.4 Å². The van der Waals surface area contributed by atoms with Crippen LogP contribution < -0.4 is 5.32 Å². The van der Waals surface area contributed by atoms with Gasteiger partial charge in [-0.15, -0.1) is 0 Å². The molecule has 0 bridgehead atoms. The molecule has 0 aromatic heterocycles. The molecule has 5 heteroatoms. The minimum absolute atomic E-state index is 0.0185. The quantitative estimate of drug-likeness (QED) is 0.940. The van der Waals surface area contributed by atoms with Gasteiger partial charge in [0.1, 0.15) is 0 Å². The van der Waals surface area contributed by atoms with Gasteiger partial charge in [0.25, 0.3) is 5.91 Å². The van der Waals surface area contributed by atoms with Crippen LogP contribution in [-0.2, 0) is 4.79 Å². The largest absolute Gasteiger partial charge is 0.332 e. The van der Waals surface area contributed by atoms with Crippen LogP contribution in [0, 0.1) is 6.92 Å². The topological polar surface area (TPSA) is 49.4 Å². The van der Waals surface area contributed by atoms with Gasteiger partial charge in [0.15, 0.2) is 0 Å². The smallest absolute Gasteiger partial charge is 0.254 e. The van der Waals surface area contributed by atoms with Gasteiger partial charge in [-0.1, -0.05) is 29.3 Å². The molecule has 0 saturated carbocycles. The number of nitrogens with one attached hydrogen (secondary N) is 1. The molecule has 0 fully saturated rings. The molecule has 0 atom stereocenters. The summed E-state index contributed by atoms with van der Waals surface area (Å²) in [4.78, 5) is 25.6. The van der Waals surface area contributed by atoms with Gasteiger partial charge >= 0.3 is 0 Å². The number of nitrogens with zero attached hydrogens (tertiary/aromatic N) is 1. The first-order valence-electron chi connectivity index (χ1n) is 6.83. The number of rotatable bonds is 4. The number of benzene rings is 2. The van der Waals surface area contributed by atoms with E-state index in [1.807, 2.05) is 19.1 Å². The Morgan fingerprint density at radius 2 is 1.64 bits per heavy atom. The van der Waals surface area contributed by atoms with Gasteiger partial charge in [0.05, 0.1) is 6.54 Å². The molecule has 0 spiro atoms. The zero-order chi connectivity index (χ0) is 16.1. The van der Waals surface area contributed by atoms with Gasteiger partial charge in [-0.2, -0.15) is 0 Å².